The third-order valence-electron chi connectivity index (χ3n) is 8.35. The van der Waals surface area contributed by atoms with Crippen LogP contribution >= 0.6 is 22.9 Å². The zero-order valence-corrected chi connectivity index (χ0v) is 23.1. The van der Waals surface area contributed by atoms with E-state index < -0.39 is 23.4 Å². The lowest BCUT2D eigenvalue weighted by Gasteiger charge is -2.37. The number of ketones is 3. The number of carbonyl (C=O) groups excluding carboxylic acids is 3. The Labute approximate surface area is 240 Å². The Hall–Kier alpha value is -4.00. The second kappa shape index (κ2) is 9.29. The van der Waals surface area contributed by atoms with Crippen LogP contribution in [0.15, 0.2) is 90.3 Å². The summed E-state index contributed by atoms with van der Waals surface area (Å²) in [6.45, 7) is 2.29. The van der Waals surface area contributed by atoms with E-state index in [-0.39, 0.29) is 17.3 Å². The van der Waals surface area contributed by atoms with Gasteiger partial charge in [-0.25, -0.2) is 0 Å². The van der Waals surface area contributed by atoms with Crippen molar-refractivity contribution < 1.29 is 19.1 Å². The fourth-order valence-electron chi connectivity index (χ4n) is 6.88. The molecule has 2 aliphatic heterocycles. The molecule has 7 heteroatoms. The zero-order valence-electron chi connectivity index (χ0n) is 21.5. The number of rotatable bonds is 5. The lowest BCUT2D eigenvalue weighted by Crippen LogP contribution is -2.48. The second-order valence-electron chi connectivity index (χ2n) is 10.2. The molecule has 4 aromatic rings. The maximum absolute atomic E-state index is 14.7. The number of anilines is 1. The molecule has 1 aliphatic carbocycles. The molecule has 198 valence electrons. The summed E-state index contributed by atoms with van der Waals surface area (Å²) in [5, 5.41) is 2.43. The number of hydrogen-bond donors (Lipinski definition) is 0. The normalized spacial score (nSPS) is 21.9. The Morgan fingerprint density at radius 3 is 2.40 bits per heavy atom. The Balaban J connectivity index is 1.57. The first-order chi connectivity index (χ1) is 19.5. The Kier molecular flexibility index (Phi) is 5.81. The molecule has 0 unspecified atom stereocenters. The molecule has 3 aromatic carbocycles. The van der Waals surface area contributed by atoms with Gasteiger partial charge in [0.25, 0.3) is 0 Å². The number of fused-ring (bicyclic) bond motifs is 5. The van der Waals surface area contributed by atoms with Gasteiger partial charge in [0.2, 0.25) is 0 Å². The molecule has 3 aliphatic rings. The first kappa shape index (κ1) is 25.0. The van der Waals surface area contributed by atoms with Gasteiger partial charge in [0.1, 0.15) is 17.2 Å². The molecule has 0 saturated carbocycles. The molecule has 5 nitrogen and oxygen atoms in total. The summed E-state index contributed by atoms with van der Waals surface area (Å²) in [5.41, 5.74) is 1.49. The van der Waals surface area contributed by atoms with Crippen molar-refractivity contribution >= 4 is 52.1 Å². The number of benzene rings is 3. The molecule has 3 atom stereocenters. The molecule has 1 aromatic heterocycles. The largest absolute Gasteiger partial charge is 0.494 e. The van der Waals surface area contributed by atoms with Crippen LogP contribution in [0.1, 0.15) is 54.4 Å². The van der Waals surface area contributed by atoms with E-state index in [1.54, 1.807) is 36.4 Å². The number of ether oxygens (including phenoxy) is 1. The summed E-state index contributed by atoms with van der Waals surface area (Å²) in [7, 11) is 0. The average molecular weight is 566 g/mol. The number of thiophene rings is 1. The van der Waals surface area contributed by atoms with Crippen LogP contribution in [0.25, 0.3) is 6.08 Å². The molecular weight excluding hydrogens is 542 g/mol. The summed E-state index contributed by atoms with van der Waals surface area (Å²) in [5.74, 6) is -0.907. The zero-order chi connectivity index (χ0) is 27.6. The minimum absolute atomic E-state index is 0.138. The summed E-state index contributed by atoms with van der Waals surface area (Å²) in [6, 6.07) is 22.1. The number of Topliss-reactive ketones (excluding diaryl/α,β-unsaturated/α-hetero) is 3. The lowest BCUT2D eigenvalue weighted by atomic mass is 9.64. The van der Waals surface area contributed by atoms with Crippen molar-refractivity contribution in [2.45, 2.75) is 24.9 Å². The van der Waals surface area contributed by atoms with Crippen molar-refractivity contribution in [3.63, 3.8) is 0 Å². The number of carbonyl (C=O) groups is 3. The molecule has 0 bridgehead atoms. The van der Waals surface area contributed by atoms with Crippen molar-refractivity contribution in [2.24, 2.45) is 5.41 Å². The average Bonchev–Trinajstić information content (AvgIpc) is 3.67. The van der Waals surface area contributed by atoms with Gasteiger partial charge in [-0.3, -0.25) is 14.4 Å². The van der Waals surface area contributed by atoms with E-state index in [0.29, 0.717) is 38.9 Å². The van der Waals surface area contributed by atoms with Crippen LogP contribution in [0.5, 0.6) is 5.75 Å². The lowest BCUT2D eigenvalue weighted by molar-refractivity contribution is 0.0664. The third kappa shape index (κ3) is 3.30. The predicted octanol–water partition coefficient (Wildman–Crippen LogP) is 7.12. The van der Waals surface area contributed by atoms with Gasteiger partial charge in [-0.05, 0) is 48.2 Å². The molecule has 0 radical (unpaired) electrons. The molecule has 0 amide bonds. The smallest absolute Gasteiger partial charge is 0.195 e. The van der Waals surface area contributed by atoms with Crippen LogP contribution in [0, 0.1) is 5.41 Å². The fourth-order valence-corrected chi connectivity index (χ4v) is 7.76. The van der Waals surface area contributed by atoms with Crippen LogP contribution in [-0.4, -0.2) is 36.0 Å². The van der Waals surface area contributed by atoms with Crippen LogP contribution in [0.3, 0.4) is 0 Å². The Bertz CT molecular complexity index is 1690. The van der Waals surface area contributed by atoms with Gasteiger partial charge in [-0.15, -0.1) is 11.3 Å². The summed E-state index contributed by atoms with van der Waals surface area (Å²) < 4.78 is 6.07. The van der Waals surface area contributed by atoms with Crippen LogP contribution < -0.4 is 9.64 Å². The van der Waals surface area contributed by atoms with Gasteiger partial charge in [0.15, 0.2) is 17.3 Å². The highest BCUT2D eigenvalue weighted by Gasteiger charge is 2.72. The minimum atomic E-state index is -1.57. The molecule has 0 N–H and O–H groups in total. The molecule has 7 rings (SSSR count). The molecule has 1 saturated heterocycles. The van der Waals surface area contributed by atoms with E-state index in [4.69, 9.17) is 16.3 Å². The van der Waals surface area contributed by atoms with E-state index in [2.05, 4.69) is 0 Å². The Morgan fingerprint density at radius 1 is 0.975 bits per heavy atom. The van der Waals surface area contributed by atoms with E-state index >= 15 is 0 Å². The van der Waals surface area contributed by atoms with Gasteiger partial charge in [-0.2, -0.15) is 0 Å². The maximum Gasteiger partial charge on any atom is 0.195 e. The van der Waals surface area contributed by atoms with E-state index in [0.717, 1.165) is 11.3 Å². The quantitative estimate of drug-likeness (QED) is 0.190. The molecule has 1 spiro atoms. The molecule has 3 heterocycles. The van der Waals surface area contributed by atoms with Crippen LogP contribution in [0.4, 0.5) is 5.69 Å². The van der Waals surface area contributed by atoms with Gasteiger partial charge < -0.3 is 9.64 Å². The van der Waals surface area contributed by atoms with Crippen molar-refractivity contribution in [3.8, 4) is 5.75 Å². The van der Waals surface area contributed by atoms with E-state index in [9.17, 15) is 14.4 Å². The summed E-state index contributed by atoms with van der Waals surface area (Å²) in [4.78, 5) is 46.5. The number of nitrogens with zero attached hydrogens (tertiary/aromatic N) is 1. The monoisotopic (exact) mass is 565 g/mol. The molecule has 40 heavy (non-hydrogen) atoms. The molecule has 1 fully saturated rings. The second-order valence-corrected chi connectivity index (χ2v) is 11.6. The van der Waals surface area contributed by atoms with Gasteiger partial charge in [-0.1, -0.05) is 72.3 Å². The summed E-state index contributed by atoms with van der Waals surface area (Å²) >= 11 is 7.72. The topological polar surface area (TPSA) is 63.7 Å². The van der Waals surface area contributed by atoms with Crippen molar-refractivity contribution in [3.05, 3.63) is 122 Å². The number of para-hydroxylation sites is 1. The minimum Gasteiger partial charge on any atom is -0.494 e. The first-order valence-corrected chi connectivity index (χ1v) is 14.5. The van der Waals surface area contributed by atoms with Crippen molar-refractivity contribution in [1.82, 2.24) is 0 Å². The Morgan fingerprint density at radius 2 is 1.70 bits per heavy atom. The number of halogens is 1. The SMILES string of the molecule is CCOc1ccccc1[C@@H]1[C@@H](C(=O)c2cccs2)N2c3ccc(Cl)cc3C=C[C@@H]2C12C(=O)c1ccccc1C2=O. The van der Waals surface area contributed by atoms with Crippen molar-refractivity contribution in [1.29, 1.82) is 0 Å². The van der Waals surface area contributed by atoms with Crippen molar-refractivity contribution in [2.75, 3.05) is 11.5 Å². The fraction of sp³-hybridized carbons (Fsp3) is 0.182. The standard InChI is InChI=1S/C33H24ClNO4S/c1-2-39-25-11-6-5-10-23(25)28-29(30(36)26-12-7-17-40-26)35-24-15-14-20(34)18-19(24)13-16-27(35)33(28)31(37)21-8-3-4-9-22(21)32(33)38/h3-18,27-29H,2H2,1H3/t27-,28-,29+/m1/s1. The first-order valence-electron chi connectivity index (χ1n) is 13.2. The summed E-state index contributed by atoms with van der Waals surface area (Å²) in [6.07, 6.45) is 3.81. The van der Waals surface area contributed by atoms with E-state index in [1.165, 1.54) is 11.3 Å². The third-order valence-corrected chi connectivity index (χ3v) is 9.47. The highest BCUT2D eigenvalue weighted by atomic mass is 35.5. The van der Waals surface area contributed by atoms with Gasteiger partial charge in [0.05, 0.1) is 17.5 Å². The van der Waals surface area contributed by atoms with E-state index in [1.807, 2.05) is 71.8 Å². The van der Waals surface area contributed by atoms with Gasteiger partial charge in [0, 0.05) is 33.3 Å². The van der Waals surface area contributed by atoms with Crippen LogP contribution in [-0.2, 0) is 0 Å². The highest BCUT2D eigenvalue weighted by molar-refractivity contribution is 7.12. The maximum atomic E-state index is 14.7. The van der Waals surface area contributed by atoms with Crippen LogP contribution in [0.2, 0.25) is 5.02 Å². The predicted molar refractivity (Wildman–Crippen MR) is 157 cm³/mol. The highest BCUT2D eigenvalue weighted by Crippen LogP contribution is 2.62. The number of hydrogen-bond acceptors (Lipinski definition) is 6. The van der Waals surface area contributed by atoms with Gasteiger partial charge >= 0.3 is 0 Å². The molecular formula is C33H24ClNO4S.